The van der Waals surface area contributed by atoms with Crippen LogP contribution in [0.3, 0.4) is 0 Å². The molecule has 2 aromatic carbocycles. The fourth-order valence-electron chi connectivity index (χ4n) is 1.95. The molecule has 2 rings (SSSR count). The van der Waals surface area contributed by atoms with E-state index in [4.69, 9.17) is 0 Å². The van der Waals surface area contributed by atoms with Gasteiger partial charge in [0, 0.05) is 6.07 Å². The molecule has 0 saturated carbocycles. The molecule has 0 saturated heterocycles. The van der Waals surface area contributed by atoms with E-state index in [2.05, 4.69) is 4.72 Å². The number of nitro groups is 1. The largest absolute Gasteiger partial charge is 0.293 e. The molecule has 7 heteroatoms. The number of anilines is 1. The van der Waals surface area contributed by atoms with Crippen LogP contribution in [0.2, 0.25) is 0 Å². The Kier molecular flexibility index (Phi) is 3.95. The maximum atomic E-state index is 12.4. The van der Waals surface area contributed by atoms with Crippen molar-refractivity contribution in [2.24, 2.45) is 0 Å². The van der Waals surface area contributed by atoms with Crippen LogP contribution in [0.15, 0.2) is 47.4 Å². The number of benzene rings is 2. The molecule has 2 aromatic rings. The van der Waals surface area contributed by atoms with Gasteiger partial charge in [-0.05, 0) is 37.1 Å². The maximum absolute atomic E-state index is 12.4. The van der Waals surface area contributed by atoms with Crippen molar-refractivity contribution in [1.29, 1.82) is 0 Å². The fourth-order valence-corrected chi connectivity index (χ4v) is 3.26. The molecule has 0 radical (unpaired) electrons. The number of hydrogen-bond acceptors (Lipinski definition) is 4. The van der Waals surface area contributed by atoms with Crippen molar-refractivity contribution in [2.75, 3.05) is 4.72 Å². The highest BCUT2D eigenvalue weighted by Gasteiger charge is 2.21. The molecule has 0 heterocycles. The van der Waals surface area contributed by atoms with E-state index in [1.54, 1.807) is 38.1 Å². The lowest BCUT2D eigenvalue weighted by atomic mass is 10.2. The van der Waals surface area contributed by atoms with Crippen LogP contribution in [-0.4, -0.2) is 13.3 Å². The highest BCUT2D eigenvalue weighted by molar-refractivity contribution is 7.92. The lowest BCUT2D eigenvalue weighted by Crippen LogP contribution is -2.15. The minimum absolute atomic E-state index is 0.0387. The summed E-state index contributed by atoms with van der Waals surface area (Å²) in [6.07, 6.45) is 0. The van der Waals surface area contributed by atoms with Crippen molar-refractivity contribution in [1.82, 2.24) is 0 Å². The van der Waals surface area contributed by atoms with Gasteiger partial charge < -0.3 is 0 Å². The van der Waals surface area contributed by atoms with E-state index >= 15 is 0 Å². The molecule has 0 fully saturated rings. The molecule has 0 bridgehead atoms. The lowest BCUT2D eigenvalue weighted by Gasteiger charge is -2.11. The van der Waals surface area contributed by atoms with Gasteiger partial charge in [0.15, 0.2) is 0 Å². The average Bonchev–Trinajstić information content (AvgIpc) is 2.38. The van der Waals surface area contributed by atoms with Gasteiger partial charge in [-0.25, -0.2) is 8.42 Å². The molecule has 21 heavy (non-hydrogen) atoms. The van der Waals surface area contributed by atoms with E-state index in [0.29, 0.717) is 5.56 Å². The van der Waals surface area contributed by atoms with Crippen molar-refractivity contribution < 1.29 is 13.3 Å². The number of aryl methyl sites for hydroxylation is 2. The van der Waals surface area contributed by atoms with E-state index in [1.165, 1.54) is 18.2 Å². The molecule has 0 aromatic heterocycles. The number of rotatable bonds is 4. The molecule has 0 aliphatic carbocycles. The number of hydrogen-bond donors (Lipinski definition) is 1. The summed E-state index contributed by atoms with van der Waals surface area (Å²) in [5.74, 6) is 0. The number of nitro benzene ring substituents is 1. The summed E-state index contributed by atoms with van der Waals surface area (Å²) in [4.78, 5) is 10.5. The smallest absolute Gasteiger partial charge is 0.273 e. The van der Waals surface area contributed by atoms with Crippen LogP contribution < -0.4 is 4.72 Å². The summed E-state index contributed by atoms with van der Waals surface area (Å²) in [7, 11) is -3.87. The molecule has 0 spiro atoms. The van der Waals surface area contributed by atoms with Crippen molar-refractivity contribution in [3.8, 4) is 0 Å². The Hall–Kier alpha value is -2.41. The normalized spacial score (nSPS) is 11.1. The third-order valence-corrected chi connectivity index (χ3v) is 4.50. The number of sulfonamides is 1. The van der Waals surface area contributed by atoms with Gasteiger partial charge in [0.05, 0.1) is 9.82 Å². The Morgan fingerprint density at radius 3 is 2.38 bits per heavy atom. The second kappa shape index (κ2) is 5.53. The summed E-state index contributed by atoms with van der Waals surface area (Å²) >= 11 is 0. The van der Waals surface area contributed by atoms with Gasteiger partial charge in [0.2, 0.25) is 0 Å². The molecule has 0 atom stereocenters. The molecule has 0 aliphatic heterocycles. The monoisotopic (exact) mass is 306 g/mol. The Bertz CT molecular complexity index is 800. The molecule has 110 valence electrons. The van der Waals surface area contributed by atoms with Gasteiger partial charge in [0.25, 0.3) is 15.7 Å². The van der Waals surface area contributed by atoms with Crippen molar-refractivity contribution in [3.05, 3.63) is 63.7 Å². The fraction of sp³-hybridized carbons (Fsp3) is 0.143. The highest BCUT2D eigenvalue weighted by atomic mass is 32.2. The van der Waals surface area contributed by atoms with Gasteiger partial charge in [-0.15, -0.1) is 0 Å². The molecular formula is C14H14N2O4S. The third-order valence-electron chi connectivity index (χ3n) is 2.98. The quantitative estimate of drug-likeness (QED) is 0.694. The second-order valence-corrected chi connectivity index (χ2v) is 6.30. The SMILES string of the molecule is Cc1ccc([N+](=O)[O-])c(NS(=O)(=O)c2ccccc2C)c1. The predicted octanol–water partition coefficient (Wildman–Crippen LogP) is 3.01. The Morgan fingerprint density at radius 2 is 1.76 bits per heavy atom. The third kappa shape index (κ3) is 3.19. The first-order valence-corrected chi connectivity index (χ1v) is 7.63. The van der Waals surface area contributed by atoms with Crippen LogP contribution in [0.4, 0.5) is 11.4 Å². The molecule has 0 amide bonds. The van der Waals surface area contributed by atoms with Crippen molar-refractivity contribution >= 4 is 21.4 Å². The maximum Gasteiger partial charge on any atom is 0.293 e. The van der Waals surface area contributed by atoms with Crippen LogP contribution in [0.25, 0.3) is 0 Å². The average molecular weight is 306 g/mol. The van der Waals surface area contributed by atoms with Crippen molar-refractivity contribution in [2.45, 2.75) is 18.7 Å². The van der Waals surface area contributed by atoms with E-state index < -0.39 is 14.9 Å². The predicted molar refractivity (Wildman–Crippen MR) is 79.8 cm³/mol. The zero-order chi connectivity index (χ0) is 15.6. The van der Waals surface area contributed by atoms with Crippen LogP contribution in [0.1, 0.15) is 11.1 Å². The van der Waals surface area contributed by atoms with Crippen LogP contribution in [0, 0.1) is 24.0 Å². The van der Waals surface area contributed by atoms with E-state index in [9.17, 15) is 18.5 Å². The Labute approximate surface area is 122 Å². The van der Waals surface area contributed by atoms with Gasteiger partial charge in [-0.3, -0.25) is 14.8 Å². The van der Waals surface area contributed by atoms with Crippen LogP contribution in [-0.2, 0) is 10.0 Å². The molecule has 0 aliphatic rings. The minimum Gasteiger partial charge on any atom is -0.273 e. The number of nitrogens with one attached hydrogen (secondary N) is 1. The first-order valence-electron chi connectivity index (χ1n) is 6.15. The Balaban J connectivity index is 2.49. The Morgan fingerprint density at radius 1 is 1.10 bits per heavy atom. The van der Waals surface area contributed by atoms with Crippen LogP contribution >= 0.6 is 0 Å². The first kappa shape index (κ1) is 15.0. The highest BCUT2D eigenvalue weighted by Crippen LogP contribution is 2.28. The molecular weight excluding hydrogens is 292 g/mol. The summed E-state index contributed by atoms with van der Waals surface area (Å²) in [5, 5.41) is 11.0. The molecule has 6 nitrogen and oxygen atoms in total. The van der Waals surface area contributed by atoms with Crippen molar-refractivity contribution in [3.63, 3.8) is 0 Å². The lowest BCUT2D eigenvalue weighted by molar-refractivity contribution is -0.383. The second-order valence-electron chi connectivity index (χ2n) is 4.65. The van der Waals surface area contributed by atoms with E-state index in [-0.39, 0.29) is 16.3 Å². The van der Waals surface area contributed by atoms with E-state index in [0.717, 1.165) is 5.56 Å². The summed E-state index contributed by atoms with van der Waals surface area (Å²) < 4.78 is 27.0. The summed E-state index contributed by atoms with van der Waals surface area (Å²) in [6, 6.07) is 10.7. The first-order chi connectivity index (χ1) is 9.81. The van der Waals surface area contributed by atoms with Gasteiger partial charge >= 0.3 is 0 Å². The molecule has 0 unspecified atom stereocenters. The van der Waals surface area contributed by atoms with Gasteiger partial charge in [-0.1, -0.05) is 24.3 Å². The minimum atomic E-state index is -3.87. The van der Waals surface area contributed by atoms with Gasteiger partial charge in [-0.2, -0.15) is 0 Å². The van der Waals surface area contributed by atoms with E-state index in [1.807, 2.05) is 0 Å². The topological polar surface area (TPSA) is 89.3 Å². The summed E-state index contributed by atoms with van der Waals surface area (Å²) in [5.41, 5.74) is 0.976. The zero-order valence-electron chi connectivity index (χ0n) is 11.5. The zero-order valence-corrected chi connectivity index (χ0v) is 12.3. The number of nitrogens with zero attached hydrogens (tertiary/aromatic N) is 1. The van der Waals surface area contributed by atoms with Gasteiger partial charge in [0.1, 0.15) is 5.69 Å². The standard InChI is InChI=1S/C14H14N2O4S/c1-10-7-8-13(16(17)18)12(9-10)15-21(19,20)14-6-4-3-5-11(14)2/h3-9,15H,1-2H3. The van der Waals surface area contributed by atoms with Crippen LogP contribution in [0.5, 0.6) is 0 Å². The molecule has 1 N–H and O–H groups in total. The summed E-state index contributed by atoms with van der Waals surface area (Å²) in [6.45, 7) is 3.40.